The molecule has 6 nitrogen and oxygen atoms in total. The van der Waals surface area contributed by atoms with Gasteiger partial charge in [-0.25, -0.2) is 4.79 Å². The summed E-state index contributed by atoms with van der Waals surface area (Å²) in [6.45, 7) is 3.83. The van der Waals surface area contributed by atoms with Gasteiger partial charge in [-0.3, -0.25) is 0 Å². The smallest absolute Gasteiger partial charge is 0.338 e. The number of hydrogen-bond acceptors (Lipinski definition) is 6. The van der Waals surface area contributed by atoms with Crippen LogP contribution >= 0.6 is 0 Å². The Kier molecular flexibility index (Phi) is 4.18. The van der Waals surface area contributed by atoms with E-state index in [0.29, 0.717) is 5.56 Å². The maximum atomic E-state index is 12.2. The Bertz CT molecular complexity index is 529. The van der Waals surface area contributed by atoms with Crippen LogP contribution in [0.15, 0.2) is 30.3 Å². The normalized spacial score (nSPS) is 33.2. The fourth-order valence-corrected chi connectivity index (χ4v) is 2.78. The first-order valence-corrected chi connectivity index (χ1v) is 7.26. The maximum Gasteiger partial charge on any atom is 0.338 e. The highest BCUT2D eigenvalue weighted by atomic mass is 16.8. The highest BCUT2D eigenvalue weighted by Crippen LogP contribution is 2.36. The second kappa shape index (κ2) is 5.96. The van der Waals surface area contributed by atoms with Crippen LogP contribution in [0.2, 0.25) is 0 Å². The van der Waals surface area contributed by atoms with Gasteiger partial charge in [-0.2, -0.15) is 0 Å². The van der Waals surface area contributed by atoms with Crippen molar-refractivity contribution in [1.82, 2.24) is 0 Å². The van der Waals surface area contributed by atoms with Crippen LogP contribution in [0.3, 0.4) is 0 Å². The van der Waals surface area contributed by atoms with Gasteiger partial charge in [-0.1, -0.05) is 18.2 Å². The lowest BCUT2D eigenvalue weighted by atomic mass is 10.1. The summed E-state index contributed by atoms with van der Waals surface area (Å²) in [6.07, 6.45) is -1.91. The molecule has 0 N–H and O–H groups in total. The molecule has 0 bridgehead atoms. The summed E-state index contributed by atoms with van der Waals surface area (Å²) in [5, 5.41) is 0. The van der Waals surface area contributed by atoms with Crippen LogP contribution in [0, 0.1) is 0 Å². The largest absolute Gasteiger partial charge is 0.453 e. The van der Waals surface area contributed by atoms with Gasteiger partial charge in [0.15, 0.2) is 18.2 Å². The first kappa shape index (κ1) is 15.4. The van der Waals surface area contributed by atoms with E-state index in [1.54, 1.807) is 31.4 Å². The summed E-state index contributed by atoms with van der Waals surface area (Å²) in [6, 6.07) is 8.83. The standard InChI is InChI=1S/C16H20O6/c1-16(2)21-12-11(9-19-15(18-3)13(12)22-16)20-14(17)10-7-5-4-6-8-10/h4-8,11-13,15H,9H2,1-3H3/t11-,12?,13?,15?/m1/s1. The highest BCUT2D eigenvalue weighted by Gasteiger charge is 2.53. The van der Waals surface area contributed by atoms with E-state index in [-0.39, 0.29) is 6.61 Å². The second-order valence-electron chi connectivity index (χ2n) is 5.81. The van der Waals surface area contributed by atoms with Crippen LogP contribution in [0.4, 0.5) is 0 Å². The molecule has 0 radical (unpaired) electrons. The molecule has 2 aliphatic heterocycles. The fourth-order valence-electron chi connectivity index (χ4n) is 2.78. The number of benzene rings is 1. The molecule has 0 aromatic heterocycles. The quantitative estimate of drug-likeness (QED) is 0.793. The SMILES string of the molecule is COC1OC[C@@H](OC(=O)c2ccccc2)C2OC(C)(C)OC12. The van der Waals surface area contributed by atoms with E-state index < -0.39 is 36.4 Å². The van der Waals surface area contributed by atoms with Crippen molar-refractivity contribution in [3.05, 3.63) is 35.9 Å². The molecule has 2 saturated heterocycles. The number of hydrogen-bond donors (Lipinski definition) is 0. The predicted octanol–water partition coefficient (Wildman–Crippen LogP) is 1.73. The summed E-state index contributed by atoms with van der Waals surface area (Å²) in [7, 11) is 1.55. The fraction of sp³-hybridized carbons (Fsp3) is 0.562. The average Bonchev–Trinajstić information content (AvgIpc) is 2.84. The Morgan fingerprint density at radius 2 is 1.86 bits per heavy atom. The molecule has 2 fully saturated rings. The molecule has 3 rings (SSSR count). The van der Waals surface area contributed by atoms with Crippen molar-refractivity contribution in [3.63, 3.8) is 0 Å². The minimum Gasteiger partial charge on any atom is -0.453 e. The topological polar surface area (TPSA) is 63.2 Å². The van der Waals surface area contributed by atoms with Gasteiger partial charge in [0.05, 0.1) is 12.2 Å². The number of carbonyl (C=O) groups is 1. The zero-order valence-corrected chi connectivity index (χ0v) is 12.9. The number of carbonyl (C=O) groups excluding carboxylic acids is 1. The van der Waals surface area contributed by atoms with Gasteiger partial charge in [0.1, 0.15) is 12.2 Å². The molecule has 0 saturated carbocycles. The summed E-state index contributed by atoms with van der Waals surface area (Å²) >= 11 is 0. The molecular weight excluding hydrogens is 288 g/mol. The lowest BCUT2D eigenvalue weighted by Crippen LogP contribution is -2.53. The van der Waals surface area contributed by atoms with Gasteiger partial charge in [-0.15, -0.1) is 0 Å². The molecule has 3 unspecified atom stereocenters. The lowest BCUT2D eigenvalue weighted by Gasteiger charge is -2.35. The molecular formula is C16H20O6. The molecule has 0 aliphatic carbocycles. The van der Waals surface area contributed by atoms with Gasteiger partial charge in [0.25, 0.3) is 0 Å². The molecule has 0 spiro atoms. The van der Waals surface area contributed by atoms with Gasteiger partial charge >= 0.3 is 5.97 Å². The number of methoxy groups -OCH3 is 1. The third kappa shape index (κ3) is 3.01. The Hall–Kier alpha value is -1.47. The molecule has 1 aromatic rings. The number of rotatable bonds is 3. The lowest BCUT2D eigenvalue weighted by molar-refractivity contribution is -0.237. The van der Waals surface area contributed by atoms with Gasteiger partial charge < -0.3 is 23.7 Å². The van der Waals surface area contributed by atoms with Crippen molar-refractivity contribution in [2.24, 2.45) is 0 Å². The minimum absolute atomic E-state index is 0.206. The van der Waals surface area contributed by atoms with E-state index in [0.717, 1.165) is 0 Å². The Labute approximate surface area is 129 Å². The Morgan fingerprint density at radius 3 is 2.55 bits per heavy atom. The van der Waals surface area contributed by atoms with E-state index in [4.69, 9.17) is 23.7 Å². The number of fused-ring (bicyclic) bond motifs is 1. The molecule has 4 atom stereocenters. The molecule has 6 heteroatoms. The minimum atomic E-state index is -0.767. The summed E-state index contributed by atoms with van der Waals surface area (Å²) in [5.41, 5.74) is 0.492. The monoisotopic (exact) mass is 308 g/mol. The molecule has 2 aliphatic rings. The predicted molar refractivity (Wildman–Crippen MR) is 76.2 cm³/mol. The number of ether oxygens (including phenoxy) is 5. The van der Waals surface area contributed by atoms with Crippen LogP contribution in [0.1, 0.15) is 24.2 Å². The van der Waals surface area contributed by atoms with Crippen LogP contribution in [0.25, 0.3) is 0 Å². The third-order valence-electron chi connectivity index (χ3n) is 3.72. The molecule has 1 aromatic carbocycles. The van der Waals surface area contributed by atoms with Crippen molar-refractivity contribution in [1.29, 1.82) is 0 Å². The summed E-state index contributed by atoms with van der Waals surface area (Å²) < 4.78 is 28.1. The summed E-state index contributed by atoms with van der Waals surface area (Å²) in [4.78, 5) is 12.2. The highest BCUT2D eigenvalue weighted by molar-refractivity contribution is 5.89. The van der Waals surface area contributed by atoms with Crippen LogP contribution in [-0.2, 0) is 23.7 Å². The van der Waals surface area contributed by atoms with Gasteiger partial charge in [-0.05, 0) is 26.0 Å². The Balaban J connectivity index is 1.73. The van der Waals surface area contributed by atoms with E-state index in [1.807, 2.05) is 19.9 Å². The van der Waals surface area contributed by atoms with Crippen LogP contribution in [0.5, 0.6) is 0 Å². The van der Waals surface area contributed by atoms with E-state index in [2.05, 4.69) is 0 Å². The van der Waals surface area contributed by atoms with Gasteiger partial charge in [0, 0.05) is 7.11 Å². The van der Waals surface area contributed by atoms with Crippen LogP contribution < -0.4 is 0 Å². The van der Waals surface area contributed by atoms with E-state index in [9.17, 15) is 4.79 Å². The van der Waals surface area contributed by atoms with Crippen molar-refractivity contribution in [3.8, 4) is 0 Å². The molecule has 2 heterocycles. The van der Waals surface area contributed by atoms with Crippen LogP contribution in [-0.4, -0.2) is 50.1 Å². The second-order valence-corrected chi connectivity index (χ2v) is 5.81. The van der Waals surface area contributed by atoms with E-state index >= 15 is 0 Å². The number of esters is 1. The summed E-state index contributed by atoms with van der Waals surface area (Å²) in [5.74, 6) is -1.17. The average molecular weight is 308 g/mol. The zero-order valence-electron chi connectivity index (χ0n) is 12.9. The van der Waals surface area contributed by atoms with Crippen molar-refractivity contribution < 1.29 is 28.5 Å². The molecule has 120 valence electrons. The van der Waals surface area contributed by atoms with Crippen molar-refractivity contribution >= 4 is 5.97 Å². The maximum absolute atomic E-state index is 12.2. The molecule has 22 heavy (non-hydrogen) atoms. The Morgan fingerprint density at radius 1 is 1.18 bits per heavy atom. The zero-order chi connectivity index (χ0) is 15.7. The van der Waals surface area contributed by atoms with Crippen molar-refractivity contribution in [2.45, 2.75) is 44.2 Å². The van der Waals surface area contributed by atoms with E-state index in [1.165, 1.54) is 0 Å². The van der Waals surface area contributed by atoms with Crippen molar-refractivity contribution in [2.75, 3.05) is 13.7 Å². The first-order valence-electron chi connectivity index (χ1n) is 7.26. The van der Waals surface area contributed by atoms with Gasteiger partial charge in [0.2, 0.25) is 0 Å². The first-order chi connectivity index (χ1) is 10.5. The molecule has 0 amide bonds. The third-order valence-corrected chi connectivity index (χ3v) is 3.72.